The van der Waals surface area contributed by atoms with Crippen LogP contribution < -0.4 is 4.90 Å². The van der Waals surface area contributed by atoms with Crippen molar-refractivity contribution in [1.82, 2.24) is 15.0 Å². The summed E-state index contributed by atoms with van der Waals surface area (Å²) in [6.07, 6.45) is 3.54. The van der Waals surface area contributed by atoms with Crippen molar-refractivity contribution in [1.29, 1.82) is 0 Å². The number of piperidine rings is 1. The molecule has 0 spiro atoms. The SMILES string of the molecule is CON1CCCC(C(=O)N(c2ccccc2)c2ncc3ccsc3n2)C1. The van der Waals surface area contributed by atoms with Crippen molar-refractivity contribution in [2.45, 2.75) is 12.8 Å². The van der Waals surface area contributed by atoms with Gasteiger partial charge < -0.3 is 4.84 Å². The van der Waals surface area contributed by atoms with Crippen molar-refractivity contribution in [2.75, 3.05) is 25.1 Å². The molecule has 4 rings (SSSR count). The first-order valence-corrected chi connectivity index (χ1v) is 9.52. The molecule has 3 heterocycles. The van der Waals surface area contributed by atoms with Gasteiger partial charge in [-0.1, -0.05) is 18.2 Å². The second-order valence-electron chi connectivity index (χ2n) is 6.27. The van der Waals surface area contributed by atoms with Gasteiger partial charge in [0.25, 0.3) is 0 Å². The fraction of sp³-hybridized carbons (Fsp3) is 0.316. The monoisotopic (exact) mass is 368 g/mol. The molecule has 2 aromatic heterocycles. The number of benzene rings is 1. The Kier molecular flexibility index (Phi) is 4.92. The van der Waals surface area contributed by atoms with Gasteiger partial charge in [0.15, 0.2) is 0 Å². The summed E-state index contributed by atoms with van der Waals surface area (Å²) in [5.74, 6) is 0.283. The summed E-state index contributed by atoms with van der Waals surface area (Å²) >= 11 is 1.55. The molecular formula is C19H20N4O2S. The Balaban J connectivity index is 1.72. The summed E-state index contributed by atoms with van der Waals surface area (Å²) in [5, 5.41) is 4.82. The number of amides is 1. The van der Waals surface area contributed by atoms with Crippen LogP contribution in [0.1, 0.15) is 12.8 Å². The van der Waals surface area contributed by atoms with Gasteiger partial charge in [-0.15, -0.1) is 11.3 Å². The Morgan fingerprint density at radius 3 is 2.96 bits per heavy atom. The molecule has 1 aromatic carbocycles. The molecule has 3 aromatic rings. The average Bonchev–Trinajstić information content (AvgIpc) is 3.17. The van der Waals surface area contributed by atoms with Gasteiger partial charge in [-0.25, -0.2) is 14.9 Å². The number of para-hydroxylation sites is 1. The van der Waals surface area contributed by atoms with Crippen molar-refractivity contribution in [2.24, 2.45) is 5.92 Å². The highest BCUT2D eigenvalue weighted by molar-refractivity contribution is 7.16. The van der Waals surface area contributed by atoms with Crippen LogP contribution in [0, 0.1) is 5.92 Å². The second-order valence-corrected chi connectivity index (χ2v) is 7.16. The van der Waals surface area contributed by atoms with E-state index in [-0.39, 0.29) is 11.8 Å². The van der Waals surface area contributed by atoms with Crippen molar-refractivity contribution in [3.05, 3.63) is 48.0 Å². The average molecular weight is 368 g/mol. The van der Waals surface area contributed by atoms with E-state index >= 15 is 0 Å². The number of hydrogen-bond donors (Lipinski definition) is 0. The number of carbonyl (C=O) groups is 1. The van der Waals surface area contributed by atoms with E-state index in [4.69, 9.17) is 4.84 Å². The zero-order chi connectivity index (χ0) is 17.9. The molecule has 1 aliphatic heterocycles. The van der Waals surface area contributed by atoms with Gasteiger partial charge in [-0.05, 0) is 36.4 Å². The molecular weight excluding hydrogens is 348 g/mol. The molecule has 1 fully saturated rings. The Morgan fingerprint density at radius 2 is 2.15 bits per heavy atom. The molecule has 1 amide bonds. The molecule has 7 heteroatoms. The third-order valence-corrected chi connectivity index (χ3v) is 5.44. The number of aromatic nitrogens is 2. The lowest BCUT2D eigenvalue weighted by molar-refractivity contribution is -0.159. The third kappa shape index (κ3) is 3.33. The Labute approximate surface area is 156 Å². The summed E-state index contributed by atoms with van der Waals surface area (Å²) in [5.41, 5.74) is 0.781. The highest BCUT2D eigenvalue weighted by atomic mass is 32.1. The van der Waals surface area contributed by atoms with Crippen LogP contribution in [0.5, 0.6) is 0 Å². The van der Waals surface area contributed by atoms with Gasteiger partial charge in [0.1, 0.15) is 4.83 Å². The van der Waals surface area contributed by atoms with Crippen LogP contribution in [0.25, 0.3) is 10.2 Å². The van der Waals surface area contributed by atoms with Crippen molar-refractivity contribution < 1.29 is 9.63 Å². The fourth-order valence-electron chi connectivity index (χ4n) is 3.27. The Morgan fingerprint density at radius 1 is 1.31 bits per heavy atom. The largest absolute Gasteiger partial charge is 0.302 e. The van der Waals surface area contributed by atoms with E-state index in [1.165, 1.54) is 0 Å². The molecule has 1 unspecified atom stereocenters. The molecule has 0 saturated carbocycles. The number of hydroxylamine groups is 2. The van der Waals surface area contributed by atoms with Crippen LogP contribution in [-0.4, -0.2) is 41.1 Å². The standard InChI is InChI=1S/C19H20N4O2S/c1-25-22-10-5-6-15(13-22)18(24)23(16-7-3-2-4-8-16)19-20-12-14-9-11-26-17(14)21-19/h2-4,7-9,11-12,15H,5-6,10,13H2,1H3. The molecule has 26 heavy (non-hydrogen) atoms. The molecule has 1 saturated heterocycles. The lowest BCUT2D eigenvalue weighted by Gasteiger charge is -2.32. The van der Waals surface area contributed by atoms with E-state index in [1.807, 2.05) is 46.8 Å². The number of hydrogen-bond acceptors (Lipinski definition) is 6. The van der Waals surface area contributed by atoms with Crippen LogP contribution >= 0.6 is 11.3 Å². The number of fused-ring (bicyclic) bond motifs is 1. The summed E-state index contributed by atoms with van der Waals surface area (Å²) in [7, 11) is 1.65. The van der Waals surface area contributed by atoms with E-state index in [1.54, 1.807) is 29.5 Å². The fourth-order valence-corrected chi connectivity index (χ4v) is 4.00. The predicted molar refractivity (Wildman–Crippen MR) is 102 cm³/mol. The number of rotatable bonds is 4. The number of nitrogens with zero attached hydrogens (tertiary/aromatic N) is 4. The van der Waals surface area contributed by atoms with Crippen molar-refractivity contribution in [3.63, 3.8) is 0 Å². The second kappa shape index (κ2) is 7.49. The van der Waals surface area contributed by atoms with E-state index in [9.17, 15) is 4.79 Å². The van der Waals surface area contributed by atoms with Gasteiger partial charge in [0.2, 0.25) is 11.9 Å². The first-order valence-electron chi connectivity index (χ1n) is 8.64. The number of carbonyl (C=O) groups excluding carboxylic acids is 1. The first kappa shape index (κ1) is 17.1. The smallest absolute Gasteiger partial charge is 0.238 e. The lowest BCUT2D eigenvalue weighted by atomic mass is 9.97. The molecule has 0 bridgehead atoms. The number of anilines is 2. The van der Waals surface area contributed by atoms with Crippen molar-refractivity contribution >= 4 is 39.1 Å². The molecule has 6 nitrogen and oxygen atoms in total. The van der Waals surface area contributed by atoms with Gasteiger partial charge in [-0.3, -0.25) is 4.79 Å². The quantitative estimate of drug-likeness (QED) is 0.704. The first-order chi connectivity index (χ1) is 12.8. The number of thiophene rings is 1. The van der Waals surface area contributed by atoms with E-state index in [2.05, 4.69) is 9.97 Å². The van der Waals surface area contributed by atoms with Gasteiger partial charge >= 0.3 is 0 Å². The summed E-state index contributed by atoms with van der Waals surface area (Å²) < 4.78 is 0. The lowest BCUT2D eigenvalue weighted by Crippen LogP contribution is -2.43. The van der Waals surface area contributed by atoms with Gasteiger partial charge in [-0.2, -0.15) is 5.06 Å². The summed E-state index contributed by atoms with van der Waals surface area (Å²) in [6.45, 7) is 1.43. The predicted octanol–water partition coefficient (Wildman–Crippen LogP) is 3.63. The molecule has 1 aliphatic rings. The van der Waals surface area contributed by atoms with Crippen LogP contribution in [0.4, 0.5) is 11.6 Å². The van der Waals surface area contributed by atoms with Crippen LogP contribution in [-0.2, 0) is 9.63 Å². The maximum Gasteiger partial charge on any atom is 0.238 e. The van der Waals surface area contributed by atoms with Gasteiger partial charge in [0, 0.05) is 24.7 Å². The molecule has 134 valence electrons. The maximum atomic E-state index is 13.4. The molecule has 0 aliphatic carbocycles. The van der Waals surface area contributed by atoms with Crippen molar-refractivity contribution in [3.8, 4) is 0 Å². The van der Waals surface area contributed by atoms with E-state index in [0.717, 1.165) is 35.3 Å². The van der Waals surface area contributed by atoms with Crippen LogP contribution in [0.15, 0.2) is 48.0 Å². The zero-order valence-electron chi connectivity index (χ0n) is 14.5. The minimum atomic E-state index is -0.147. The molecule has 0 radical (unpaired) electrons. The zero-order valence-corrected chi connectivity index (χ0v) is 15.4. The molecule has 0 N–H and O–H groups in total. The van der Waals surface area contributed by atoms with Gasteiger partial charge in [0.05, 0.1) is 18.7 Å². The summed E-state index contributed by atoms with van der Waals surface area (Å²) in [6, 6.07) is 11.6. The van der Waals surface area contributed by atoms with E-state index in [0.29, 0.717) is 12.5 Å². The summed E-state index contributed by atoms with van der Waals surface area (Å²) in [4.78, 5) is 30.4. The maximum absolute atomic E-state index is 13.4. The Bertz CT molecular complexity index is 899. The Hall–Kier alpha value is -2.35. The third-order valence-electron chi connectivity index (χ3n) is 4.62. The highest BCUT2D eigenvalue weighted by Gasteiger charge is 2.32. The normalized spacial score (nSPS) is 18.1. The minimum absolute atomic E-state index is 0.00820. The minimum Gasteiger partial charge on any atom is -0.302 e. The highest BCUT2D eigenvalue weighted by Crippen LogP contribution is 2.29. The topological polar surface area (TPSA) is 58.6 Å². The van der Waals surface area contributed by atoms with Crippen LogP contribution in [0.2, 0.25) is 0 Å². The van der Waals surface area contributed by atoms with Crippen LogP contribution in [0.3, 0.4) is 0 Å². The molecule has 1 atom stereocenters. The van der Waals surface area contributed by atoms with E-state index < -0.39 is 0 Å².